The summed E-state index contributed by atoms with van der Waals surface area (Å²) in [7, 11) is -3.19. The lowest BCUT2D eigenvalue weighted by molar-refractivity contribution is 0.128. The average Bonchev–Trinajstić information content (AvgIpc) is 2.34. The van der Waals surface area contributed by atoms with E-state index in [1.165, 1.54) is 18.4 Å². The van der Waals surface area contributed by atoms with Gasteiger partial charge in [-0.1, -0.05) is 26.0 Å². The van der Waals surface area contributed by atoms with Crippen LogP contribution in [0.5, 0.6) is 0 Å². The lowest BCUT2D eigenvalue weighted by Gasteiger charge is -2.20. The van der Waals surface area contributed by atoms with Crippen LogP contribution in [0.25, 0.3) is 0 Å². The number of aliphatic hydroxyl groups excluding tert-OH is 1. The molecule has 0 spiro atoms. The molecule has 1 aromatic rings. The minimum atomic E-state index is -3.19. The third kappa shape index (κ3) is 5.79. The van der Waals surface area contributed by atoms with Crippen molar-refractivity contribution in [3.63, 3.8) is 0 Å². The molecule has 3 N–H and O–H groups in total. The van der Waals surface area contributed by atoms with Gasteiger partial charge in [0.25, 0.3) is 0 Å². The lowest BCUT2D eigenvalue weighted by atomic mass is 9.96. The van der Waals surface area contributed by atoms with E-state index in [4.69, 9.17) is 5.73 Å². The first kappa shape index (κ1) is 19.4. The molecule has 1 rings (SSSR count). The van der Waals surface area contributed by atoms with Crippen LogP contribution in [-0.2, 0) is 9.84 Å². The van der Waals surface area contributed by atoms with Crippen molar-refractivity contribution >= 4 is 22.2 Å². The zero-order valence-electron chi connectivity index (χ0n) is 12.1. The number of halogens is 1. The molecular formula is C14H24ClNO3S. The van der Waals surface area contributed by atoms with E-state index in [9.17, 15) is 13.5 Å². The maximum Gasteiger partial charge on any atom is 0.175 e. The fourth-order valence-electron chi connectivity index (χ4n) is 1.84. The lowest BCUT2D eigenvalue weighted by Crippen LogP contribution is -2.26. The number of sulfone groups is 1. The van der Waals surface area contributed by atoms with Gasteiger partial charge in [0.15, 0.2) is 9.84 Å². The Bertz CT molecular complexity index is 500. The fourth-order valence-corrected chi connectivity index (χ4v) is 2.47. The van der Waals surface area contributed by atoms with Crippen molar-refractivity contribution in [1.82, 2.24) is 0 Å². The molecule has 1 aromatic carbocycles. The molecule has 6 heteroatoms. The van der Waals surface area contributed by atoms with Crippen molar-refractivity contribution in [2.45, 2.75) is 43.7 Å². The van der Waals surface area contributed by atoms with Crippen molar-refractivity contribution < 1.29 is 13.5 Å². The minimum Gasteiger partial charge on any atom is -0.391 e. The van der Waals surface area contributed by atoms with Gasteiger partial charge in [-0.25, -0.2) is 8.42 Å². The van der Waals surface area contributed by atoms with Gasteiger partial charge in [0.2, 0.25) is 0 Å². The summed E-state index contributed by atoms with van der Waals surface area (Å²) in [6.07, 6.45) is 2.12. The van der Waals surface area contributed by atoms with E-state index in [0.29, 0.717) is 12.3 Å². The first-order valence-corrected chi connectivity index (χ1v) is 8.34. The van der Waals surface area contributed by atoms with Crippen molar-refractivity contribution in [1.29, 1.82) is 0 Å². The van der Waals surface area contributed by atoms with Crippen LogP contribution in [0.3, 0.4) is 0 Å². The van der Waals surface area contributed by atoms with Crippen LogP contribution in [0.1, 0.15) is 38.3 Å². The Morgan fingerprint density at radius 3 is 2.05 bits per heavy atom. The number of nitrogens with two attached hydrogens (primary N) is 1. The van der Waals surface area contributed by atoms with E-state index in [1.807, 2.05) is 0 Å². The fraction of sp³-hybridized carbons (Fsp3) is 0.571. The zero-order chi connectivity index (χ0) is 14.6. The van der Waals surface area contributed by atoms with Gasteiger partial charge in [-0.3, -0.25) is 0 Å². The molecule has 0 aliphatic heterocycles. The van der Waals surface area contributed by atoms with Crippen LogP contribution in [-0.4, -0.2) is 25.9 Å². The Labute approximate surface area is 127 Å². The predicted molar refractivity (Wildman–Crippen MR) is 83.8 cm³/mol. The molecule has 0 fully saturated rings. The summed E-state index contributed by atoms with van der Waals surface area (Å²) >= 11 is 0. The average molecular weight is 322 g/mol. The van der Waals surface area contributed by atoms with Gasteiger partial charge in [-0.15, -0.1) is 12.4 Å². The van der Waals surface area contributed by atoms with E-state index in [2.05, 4.69) is 13.8 Å². The molecule has 0 saturated carbocycles. The Kier molecular flexibility index (Phi) is 7.73. The molecule has 0 heterocycles. The monoisotopic (exact) mass is 321 g/mol. The predicted octanol–water partition coefficient (Wildman–Crippen LogP) is 2.31. The van der Waals surface area contributed by atoms with E-state index in [0.717, 1.165) is 12.0 Å². The summed E-state index contributed by atoms with van der Waals surface area (Å²) in [6, 6.07) is 5.91. The standard InChI is InChI=1S/C14H23NO3S.ClH/c1-10(2)4-9-13(16)14(15)11-5-7-12(8-6-11)19(3,17)18;/h5-8,10,13-14,16H,4,9,15H2,1-3H3;1H/t13-,14+;/m0./s1. The molecule has 116 valence electrons. The second kappa shape index (κ2) is 7.98. The topological polar surface area (TPSA) is 80.4 Å². The first-order chi connectivity index (χ1) is 8.71. The molecular weight excluding hydrogens is 298 g/mol. The van der Waals surface area contributed by atoms with Crippen molar-refractivity contribution in [2.75, 3.05) is 6.26 Å². The minimum absolute atomic E-state index is 0. The third-order valence-electron chi connectivity index (χ3n) is 3.15. The second-order valence-electron chi connectivity index (χ2n) is 5.41. The largest absolute Gasteiger partial charge is 0.391 e. The number of hydrogen-bond donors (Lipinski definition) is 2. The van der Waals surface area contributed by atoms with E-state index in [-0.39, 0.29) is 17.3 Å². The molecule has 0 radical (unpaired) electrons. The summed E-state index contributed by atoms with van der Waals surface area (Å²) in [5, 5.41) is 10.0. The van der Waals surface area contributed by atoms with Crippen LogP contribution in [0.15, 0.2) is 29.2 Å². The molecule has 20 heavy (non-hydrogen) atoms. The number of aliphatic hydroxyl groups is 1. The van der Waals surface area contributed by atoms with Gasteiger partial charge in [-0.2, -0.15) is 0 Å². The first-order valence-electron chi connectivity index (χ1n) is 6.45. The van der Waals surface area contributed by atoms with E-state index >= 15 is 0 Å². The Hall–Kier alpha value is -0.620. The molecule has 4 nitrogen and oxygen atoms in total. The van der Waals surface area contributed by atoms with Crippen LogP contribution in [0, 0.1) is 5.92 Å². The summed E-state index contributed by atoms with van der Waals surface area (Å²) in [4.78, 5) is 0.264. The van der Waals surface area contributed by atoms with Crippen molar-refractivity contribution in [3.05, 3.63) is 29.8 Å². The molecule has 0 aromatic heterocycles. The van der Waals surface area contributed by atoms with Crippen LogP contribution in [0.2, 0.25) is 0 Å². The molecule has 0 amide bonds. The highest BCUT2D eigenvalue weighted by Crippen LogP contribution is 2.21. The van der Waals surface area contributed by atoms with Gasteiger partial charge in [0.05, 0.1) is 17.0 Å². The Morgan fingerprint density at radius 1 is 1.15 bits per heavy atom. The van der Waals surface area contributed by atoms with Gasteiger partial charge >= 0.3 is 0 Å². The van der Waals surface area contributed by atoms with E-state index < -0.39 is 22.0 Å². The summed E-state index contributed by atoms with van der Waals surface area (Å²) in [6.45, 7) is 4.19. The van der Waals surface area contributed by atoms with Gasteiger partial charge in [-0.05, 0) is 36.5 Å². The van der Waals surface area contributed by atoms with Crippen molar-refractivity contribution in [2.24, 2.45) is 11.7 Å². The molecule has 2 atom stereocenters. The molecule has 0 aliphatic rings. The smallest absolute Gasteiger partial charge is 0.175 e. The normalized spacial score (nSPS) is 14.7. The van der Waals surface area contributed by atoms with Crippen LogP contribution < -0.4 is 5.73 Å². The molecule has 0 saturated heterocycles. The number of benzene rings is 1. The Balaban J connectivity index is 0.00000361. The Morgan fingerprint density at radius 2 is 1.65 bits per heavy atom. The third-order valence-corrected chi connectivity index (χ3v) is 4.28. The zero-order valence-corrected chi connectivity index (χ0v) is 13.7. The molecule has 0 aliphatic carbocycles. The SMILES string of the molecule is CC(C)CC[C@H](O)[C@H](N)c1ccc(S(C)(=O)=O)cc1.Cl. The number of rotatable bonds is 6. The van der Waals surface area contributed by atoms with Gasteiger partial charge in [0.1, 0.15) is 0 Å². The maximum atomic E-state index is 11.3. The quantitative estimate of drug-likeness (QED) is 0.842. The van der Waals surface area contributed by atoms with Crippen LogP contribution in [0.4, 0.5) is 0 Å². The van der Waals surface area contributed by atoms with Crippen LogP contribution >= 0.6 is 12.4 Å². The molecule has 0 unspecified atom stereocenters. The highest BCUT2D eigenvalue weighted by atomic mass is 35.5. The highest BCUT2D eigenvalue weighted by molar-refractivity contribution is 7.90. The summed E-state index contributed by atoms with van der Waals surface area (Å²) in [5.74, 6) is 0.523. The van der Waals surface area contributed by atoms with Gasteiger partial charge in [0, 0.05) is 6.26 Å². The molecule has 0 bridgehead atoms. The summed E-state index contributed by atoms with van der Waals surface area (Å²) < 4.78 is 22.7. The number of hydrogen-bond acceptors (Lipinski definition) is 4. The van der Waals surface area contributed by atoms with Gasteiger partial charge < -0.3 is 10.8 Å². The second-order valence-corrected chi connectivity index (χ2v) is 7.42. The van der Waals surface area contributed by atoms with E-state index in [1.54, 1.807) is 12.1 Å². The highest BCUT2D eigenvalue weighted by Gasteiger charge is 2.17. The van der Waals surface area contributed by atoms with Crippen molar-refractivity contribution in [3.8, 4) is 0 Å². The summed E-state index contributed by atoms with van der Waals surface area (Å²) in [5.41, 5.74) is 6.74. The maximum absolute atomic E-state index is 11.3.